The van der Waals surface area contributed by atoms with Gasteiger partial charge in [0, 0.05) is 31.4 Å². The van der Waals surface area contributed by atoms with Crippen LogP contribution in [0.2, 0.25) is 6.04 Å². The summed E-state index contributed by atoms with van der Waals surface area (Å²) >= 11 is 0. The van der Waals surface area contributed by atoms with E-state index in [1.165, 1.54) is 5.56 Å². The van der Waals surface area contributed by atoms with Gasteiger partial charge in [0.25, 0.3) is 0 Å². The zero-order valence-electron chi connectivity index (χ0n) is 14.6. The van der Waals surface area contributed by atoms with E-state index >= 15 is 0 Å². The highest BCUT2D eigenvalue weighted by molar-refractivity contribution is 6.60. The predicted octanol–water partition coefficient (Wildman–Crippen LogP) is 3.53. The molecule has 1 heterocycles. The number of rotatable bonds is 9. The zero-order valence-corrected chi connectivity index (χ0v) is 15.6. The SMILES string of the molecule is CCO[Si](CCc1ccc2c(c1)COC(C)O2)(OCC)OCC. The first-order valence-corrected chi connectivity index (χ1v) is 10.4. The molecule has 0 N–H and O–H groups in total. The Bertz CT molecular complexity index is 477. The van der Waals surface area contributed by atoms with Gasteiger partial charge in [-0.25, -0.2) is 0 Å². The first-order chi connectivity index (χ1) is 11.1. The Morgan fingerprint density at radius 1 is 1.09 bits per heavy atom. The minimum absolute atomic E-state index is 0.178. The quantitative estimate of drug-likeness (QED) is 0.644. The molecule has 0 bridgehead atoms. The zero-order chi connectivity index (χ0) is 16.7. The molecule has 23 heavy (non-hydrogen) atoms. The lowest BCUT2D eigenvalue weighted by atomic mass is 10.1. The van der Waals surface area contributed by atoms with Crippen LogP contribution in [-0.2, 0) is 31.0 Å². The molecule has 0 radical (unpaired) electrons. The van der Waals surface area contributed by atoms with Gasteiger partial charge in [0.1, 0.15) is 5.75 Å². The monoisotopic (exact) mass is 340 g/mol. The maximum atomic E-state index is 5.90. The van der Waals surface area contributed by atoms with Gasteiger partial charge in [0.2, 0.25) is 0 Å². The first-order valence-electron chi connectivity index (χ1n) is 8.44. The largest absolute Gasteiger partial charge is 0.501 e. The average Bonchev–Trinajstić information content (AvgIpc) is 2.53. The molecule has 1 aliphatic heterocycles. The fraction of sp³-hybridized carbons (Fsp3) is 0.647. The van der Waals surface area contributed by atoms with Gasteiger partial charge in [0.15, 0.2) is 6.29 Å². The lowest BCUT2D eigenvalue weighted by Gasteiger charge is -2.28. The summed E-state index contributed by atoms with van der Waals surface area (Å²) < 4.78 is 28.9. The standard InChI is InChI=1S/C17H28O5Si/c1-5-19-23(20-6-2,21-7-3)11-10-15-8-9-17-16(12-15)13-18-14(4)22-17/h8-9,12,14H,5-7,10-11,13H2,1-4H3. The van der Waals surface area contributed by atoms with E-state index in [1.807, 2.05) is 33.8 Å². The molecule has 1 aliphatic rings. The Balaban J connectivity index is 2.05. The van der Waals surface area contributed by atoms with Crippen LogP contribution in [0.5, 0.6) is 5.75 Å². The number of aryl methyl sites for hydroxylation is 1. The Kier molecular flexibility index (Phi) is 7.04. The molecule has 0 fully saturated rings. The smallest absolute Gasteiger partial charge is 0.465 e. The summed E-state index contributed by atoms with van der Waals surface area (Å²) in [6.45, 7) is 10.3. The van der Waals surface area contributed by atoms with Crippen molar-refractivity contribution in [2.24, 2.45) is 0 Å². The second kappa shape index (κ2) is 8.80. The summed E-state index contributed by atoms with van der Waals surface area (Å²) in [5.74, 6) is 0.912. The summed E-state index contributed by atoms with van der Waals surface area (Å²) in [5.41, 5.74) is 2.32. The third kappa shape index (κ3) is 5.02. The van der Waals surface area contributed by atoms with E-state index in [-0.39, 0.29) is 6.29 Å². The second-order valence-corrected chi connectivity index (χ2v) is 8.15. The topological polar surface area (TPSA) is 46.2 Å². The number of fused-ring (bicyclic) bond motifs is 1. The molecule has 1 atom stereocenters. The molecular formula is C17H28O5Si. The van der Waals surface area contributed by atoms with E-state index in [4.69, 9.17) is 22.8 Å². The van der Waals surface area contributed by atoms with Crippen molar-refractivity contribution >= 4 is 8.80 Å². The maximum Gasteiger partial charge on any atom is 0.501 e. The molecule has 0 aliphatic carbocycles. The molecule has 0 amide bonds. The summed E-state index contributed by atoms with van der Waals surface area (Å²) in [6, 6.07) is 7.04. The van der Waals surface area contributed by atoms with Gasteiger partial charge in [-0.15, -0.1) is 0 Å². The van der Waals surface area contributed by atoms with Gasteiger partial charge in [-0.3, -0.25) is 0 Å². The lowest BCUT2D eigenvalue weighted by molar-refractivity contribution is -0.0944. The van der Waals surface area contributed by atoms with E-state index in [0.717, 1.165) is 23.8 Å². The third-order valence-corrected chi connectivity index (χ3v) is 6.75. The number of hydrogen-bond donors (Lipinski definition) is 0. The Morgan fingerprint density at radius 2 is 1.74 bits per heavy atom. The van der Waals surface area contributed by atoms with E-state index in [2.05, 4.69) is 12.1 Å². The molecule has 0 saturated heterocycles. The molecule has 2 rings (SSSR count). The number of ether oxygens (including phenoxy) is 2. The van der Waals surface area contributed by atoms with Gasteiger partial charge in [-0.05, 0) is 51.8 Å². The van der Waals surface area contributed by atoms with Crippen LogP contribution in [0, 0.1) is 0 Å². The van der Waals surface area contributed by atoms with Crippen LogP contribution < -0.4 is 4.74 Å². The van der Waals surface area contributed by atoms with Crippen LogP contribution in [0.4, 0.5) is 0 Å². The van der Waals surface area contributed by atoms with Gasteiger partial charge >= 0.3 is 8.80 Å². The van der Waals surface area contributed by atoms with Crippen molar-refractivity contribution in [3.63, 3.8) is 0 Å². The fourth-order valence-corrected chi connectivity index (χ4v) is 5.33. The van der Waals surface area contributed by atoms with Crippen LogP contribution in [0.15, 0.2) is 18.2 Å². The first kappa shape index (κ1) is 18.4. The van der Waals surface area contributed by atoms with E-state index < -0.39 is 8.80 Å². The number of benzene rings is 1. The highest BCUT2D eigenvalue weighted by Gasteiger charge is 2.39. The van der Waals surface area contributed by atoms with E-state index in [0.29, 0.717) is 26.4 Å². The highest BCUT2D eigenvalue weighted by atomic mass is 28.4. The molecular weight excluding hydrogens is 312 g/mol. The van der Waals surface area contributed by atoms with Gasteiger partial charge in [-0.2, -0.15) is 0 Å². The van der Waals surface area contributed by atoms with Gasteiger partial charge < -0.3 is 22.8 Å². The summed E-state index contributed by atoms with van der Waals surface area (Å²) in [4.78, 5) is 0. The minimum Gasteiger partial charge on any atom is -0.465 e. The van der Waals surface area contributed by atoms with Crippen molar-refractivity contribution in [2.75, 3.05) is 19.8 Å². The predicted molar refractivity (Wildman–Crippen MR) is 90.5 cm³/mol. The molecule has 1 unspecified atom stereocenters. The third-order valence-electron chi connectivity index (χ3n) is 3.70. The van der Waals surface area contributed by atoms with E-state index in [1.54, 1.807) is 0 Å². The van der Waals surface area contributed by atoms with Gasteiger partial charge in [0.05, 0.1) is 6.61 Å². The van der Waals surface area contributed by atoms with Gasteiger partial charge in [-0.1, -0.05) is 6.07 Å². The molecule has 0 spiro atoms. The highest BCUT2D eigenvalue weighted by Crippen LogP contribution is 2.28. The van der Waals surface area contributed by atoms with Crippen LogP contribution >= 0.6 is 0 Å². The molecule has 6 heteroatoms. The van der Waals surface area contributed by atoms with Crippen molar-refractivity contribution in [2.45, 2.75) is 53.1 Å². The Hall–Kier alpha value is -0.923. The van der Waals surface area contributed by atoms with Crippen LogP contribution in [0.25, 0.3) is 0 Å². The van der Waals surface area contributed by atoms with Crippen molar-refractivity contribution in [3.05, 3.63) is 29.3 Å². The summed E-state index contributed by atoms with van der Waals surface area (Å²) in [6.07, 6.45) is 0.678. The second-order valence-electron chi connectivity index (χ2n) is 5.42. The Labute approximate surface area is 140 Å². The molecule has 0 aromatic heterocycles. The molecule has 5 nitrogen and oxygen atoms in total. The molecule has 130 valence electrons. The molecule has 1 aromatic rings. The van der Waals surface area contributed by atoms with Crippen molar-refractivity contribution in [3.8, 4) is 5.75 Å². The fourth-order valence-electron chi connectivity index (χ4n) is 2.73. The molecule has 0 saturated carbocycles. The van der Waals surface area contributed by atoms with E-state index in [9.17, 15) is 0 Å². The summed E-state index contributed by atoms with van der Waals surface area (Å²) in [7, 11) is -2.59. The average molecular weight is 340 g/mol. The summed E-state index contributed by atoms with van der Waals surface area (Å²) in [5, 5.41) is 0. The number of hydrogen-bond acceptors (Lipinski definition) is 5. The Morgan fingerprint density at radius 3 is 2.35 bits per heavy atom. The van der Waals surface area contributed by atoms with Crippen LogP contribution in [0.1, 0.15) is 38.8 Å². The maximum absolute atomic E-state index is 5.90. The molecule has 1 aromatic carbocycles. The van der Waals surface area contributed by atoms with Crippen molar-refractivity contribution in [1.29, 1.82) is 0 Å². The van der Waals surface area contributed by atoms with Crippen molar-refractivity contribution in [1.82, 2.24) is 0 Å². The van der Waals surface area contributed by atoms with Crippen LogP contribution in [0.3, 0.4) is 0 Å². The lowest BCUT2D eigenvalue weighted by Crippen LogP contribution is -2.46. The normalized spacial score (nSPS) is 17.7. The van der Waals surface area contributed by atoms with Crippen molar-refractivity contribution < 1.29 is 22.8 Å². The minimum atomic E-state index is -2.59. The van der Waals surface area contributed by atoms with Crippen LogP contribution in [-0.4, -0.2) is 34.9 Å².